The highest BCUT2D eigenvalue weighted by atomic mass is 32.1. The standard InChI is InChI=1S/C24H25N3O2S2/c28-22(25-11-13-26(14-12-25)24(29)21-7-4-15-30-21)17-27-10-8-20-19(9-16-31-20)23(27)18-5-2-1-3-6-18/h1-7,9,15-16,23H,8,10-14,17H2/t23-/m1/s1. The molecule has 160 valence electrons. The Morgan fingerprint density at radius 3 is 2.35 bits per heavy atom. The average Bonchev–Trinajstić information content (AvgIpc) is 3.51. The van der Waals surface area contributed by atoms with Gasteiger partial charge in [-0.25, -0.2) is 0 Å². The highest BCUT2D eigenvalue weighted by Crippen LogP contribution is 2.37. The number of hydrogen-bond donors (Lipinski definition) is 0. The van der Waals surface area contributed by atoms with Gasteiger partial charge in [0.2, 0.25) is 5.91 Å². The number of thiophene rings is 2. The Morgan fingerprint density at radius 1 is 0.839 bits per heavy atom. The first-order valence-corrected chi connectivity index (χ1v) is 12.4. The summed E-state index contributed by atoms with van der Waals surface area (Å²) in [5, 5.41) is 4.09. The molecule has 7 heteroatoms. The molecule has 5 nitrogen and oxygen atoms in total. The molecule has 1 atom stereocenters. The van der Waals surface area contributed by atoms with Gasteiger partial charge in [-0.15, -0.1) is 22.7 Å². The Balaban J connectivity index is 1.25. The van der Waals surface area contributed by atoms with Crippen LogP contribution in [0.5, 0.6) is 0 Å². The van der Waals surface area contributed by atoms with Crippen molar-refractivity contribution in [1.29, 1.82) is 0 Å². The lowest BCUT2D eigenvalue weighted by Crippen LogP contribution is -2.53. The minimum Gasteiger partial charge on any atom is -0.338 e. The van der Waals surface area contributed by atoms with E-state index in [4.69, 9.17) is 0 Å². The molecule has 1 aromatic carbocycles. The fraction of sp³-hybridized carbons (Fsp3) is 0.333. The van der Waals surface area contributed by atoms with Crippen LogP contribution in [-0.2, 0) is 11.2 Å². The van der Waals surface area contributed by atoms with Crippen LogP contribution in [0.2, 0.25) is 0 Å². The zero-order valence-electron chi connectivity index (χ0n) is 17.3. The minimum absolute atomic E-state index is 0.0762. The van der Waals surface area contributed by atoms with Gasteiger partial charge in [-0.3, -0.25) is 14.5 Å². The lowest BCUT2D eigenvalue weighted by Gasteiger charge is -2.39. The normalized spacial score (nSPS) is 19.3. The highest BCUT2D eigenvalue weighted by Gasteiger charge is 2.33. The molecule has 2 amide bonds. The molecule has 0 radical (unpaired) electrons. The predicted molar refractivity (Wildman–Crippen MR) is 125 cm³/mol. The summed E-state index contributed by atoms with van der Waals surface area (Å²) in [4.78, 5) is 34.1. The van der Waals surface area contributed by atoms with Gasteiger partial charge in [0, 0.05) is 37.6 Å². The van der Waals surface area contributed by atoms with Crippen LogP contribution in [-0.4, -0.2) is 65.8 Å². The molecule has 0 saturated carbocycles. The average molecular weight is 452 g/mol. The van der Waals surface area contributed by atoms with Crippen LogP contribution in [0.25, 0.3) is 0 Å². The van der Waals surface area contributed by atoms with E-state index in [2.05, 4.69) is 40.6 Å². The van der Waals surface area contributed by atoms with Crippen molar-refractivity contribution in [2.24, 2.45) is 0 Å². The lowest BCUT2D eigenvalue weighted by atomic mass is 9.93. The van der Waals surface area contributed by atoms with E-state index >= 15 is 0 Å². The largest absolute Gasteiger partial charge is 0.338 e. The summed E-state index contributed by atoms with van der Waals surface area (Å²) in [5.41, 5.74) is 2.57. The van der Waals surface area contributed by atoms with Crippen molar-refractivity contribution in [2.45, 2.75) is 12.5 Å². The molecular formula is C24H25N3O2S2. The summed E-state index contributed by atoms with van der Waals surface area (Å²) in [6.45, 7) is 3.69. The first-order valence-electron chi connectivity index (χ1n) is 10.7. The summed E-state index contributed by atoms with van der Waals surface area (Å²) in [6, 6.07) is 16.6. The number of carbonyl (C=O) groups is 2. The van der Waals surface area contributed by atoms with Crippen LogP contribution in [0.4, 0.5) is 0 Å². The third-order valence-electron chi connectivity index (χ3n) is 6.17. The van der Waals surface area contributed by atoms with E-state index in [1.54, 1.807) is 0 Å². The number of hydrogen-bond acceptors (Lipinski definition) is 5. The van der Waals surface area contributed by atoms with Crippen LogP contribution in [0.3, 0.4) is 0 Å². The highest BCUT2D eigenvalue weighted by molar-refractivity contribution is 7.12. The molecule has 4 heterocycles. The Bertz CT molecular complexity index is 1040. The van der Waals surface area contributed by atoms with E-state index in [1.165, 1.54) is 27.3 Å². The maximum Gasteiger partial charge on any atom is 0.264 e. The van der Waals surface area contributed by atoms with Crippen molar-refractivity contribution < 1.29 is 9.59 Å². The van der Waals surface area contributed by atoms with Crippen molar-refractivity contribution >= 4 is 34.5 Å². The fourth-order valence-electron chi connectivity index (χ4n) is 4.55. The molecule has 0 N–H and O–H groups in total. The monoisotopic (exact) mass is 451 g/mol. The third-order valence-corrected chi connectivity index (χ3v) is 8.03. The zero-order chi connectivity index (χ0) is 21.2. The SMILES string of the molecule is O=C(CN1CCc2sccc2[C@H]1c1ccccc1)N1CCN(C(=O)c2cccs2)CC1. The molecule has 5 rings (SSSR count). The number of carbonyl (C=O) groups excluding carboxylic acids is 2. The van der Waals surface area contributed by atoms with Crippen molar-refractivity contribution in [2.75, 3.05) is 39.3 Å². The molecule has 0 aliphatic carbocycles. The van der Waals surface area contributed by atoms with Crippen LogP contribution in [0.15, 0.2) is 59.3 Å². The van der Waals surface area contributed by atoms with E-state index < -0.39 is 0 Å². The third kappa shape index (κ3) is 4.18. The summed E-state index contributed by atoms with van der Waals surface area (Å²) < 4.78 is 0. The second kappa shape index (κ2) is 8.94. The fourth-order valence-corrected chi connectivity index (χ4v) is 6.15. The Kier molecular flexibility index (Phi) is 5.89. The topological polar surface area (TPSA) is 43.9 Å². The van der Waals surface area contributed by atoms with Gasteiger partial charge in [0.25, 0.3) is 5.91 Å². The molecule has 1 fully saturated rings. The number of nitrogens with zero attached hydrogens (tertiary/aromatic N) is 3. The summed E-state index contributed by atoms with van der Waals surface area (Å²) in [5.74, 6) is 0.232. The Morgan fingerprint density at radius 2 is 1.61 bits per heavy atom. The Labute approximate surface area is 190 Å². The van der Waals surface area contributed by atoms with Gasteiger partial charge in [0.15, 0.2) is 0 Å². The summed E-state index contributed by atoms with van der Waals surface area (Å²) in [6.07, 6.45) is 0.993. The van der Waals surface area contributed by atoms with Crippen LogP contribution in [0, 0.1) is 0 Å². The number of fused-ring (bicyclic) bond motifs is 1. The van der Waals surface area contributed by atoms with E-state index in [1.807, 2.05) is 44.7 Å². The van der Waals surface area contributed by atoms with Gasteiger partial charge < -0.3 is 9.80 Å². The van der Waals surface area contributed by atoms with Crippen molar-refractivity contribution in [3.63, 3.8) is 0 Å². The minimum atomic E-state index is 0.0762. The molecule has 2 aliphatic heterocycles. The van der Waals surface area contributed by atoms with Gasteiger partial charge in [-0.1, -0.05) is 36.4 Å². The van der Waals surface area contributed by atoms with Crippen LogP contribution in [0.1, 0.15) is 31.7 Å². The van der Waals surface area contributed by atoms with E-state index in [0.29, 0.717) is 32.7 Å². The molecule has 0 unspecified atom stereocenters. The first kappa shape index (κ1) is 20.4. The quantitative estimate of drug-likeness (QED) is 0.607. The van der Waals surface area contributed by atoms with E-state index in [0.717, 1.165) is 17.8 Å². The molecule has 3 aromatic rings. The van der Waals surface area contributed by atoms with Crippen molar-refractivity contribution in [3.05, 3.63) is 80.2 Å². The van der Waals surface area contributed by atoms with E-state index in [9.17, 15) is 9.59 Å². The van der Waals surface area contributed by atoms with Gasteiger partial charge in [-0.2, -0.15) is 0 Å². The van der Waals surface area contributed by atoms with E-state index in [-0.39, 0.29) is 17.9 Å². The first-order chi connectivity index (χ1) is 15.2. The van der Waals surface area contributed by atoms with Gasteiger partial charge >= 0.3 is 0 Å². The van der Waals surface area contributed by atoms with Crippen LogP contribution >= 0.6 is 22.7 Å². The number of benzene rings is 1. The van der Waals surface area contributed by atoms with Gasteiger partial charge in [0.05, 0.1) is 17.5 Å². The molecule has 1 saturated heterocycles. The Hall–Kier alpha value is -2.48. The van der Waals surface area contributed by atoms with Crippen molar-refractivity contribution in [1.82, 2.24) is 14.7 Å². The van der Waals surface area contributed by atoms with Gasteiger partial charge in [-0.05, 0) is 40.4 Å². The smallest absolute Gasteiger partial charge is 0.264 e. The summed E-state index contributed by atoms with van der Waals surface area (Å²) in [7, 11) is 0. The number of amides is 2. The van der Waals surface area contributed by atoms with Crippen molar-refractivity contribution in [3.8, 4) is 0 Å². The number of rotatable bonds is 4. The maximum atomic E-state index is 13.2. The second-order valence-electron chi connectivity index (χ2n) is 7.98. The molecule has 2 aliphatic rings. The number of piperazine rings is 1. The van der Waals surface area contributed by atoms with Gasteiger partial charge in [0.1, 0.15) is 0 Å². The second-order valence-corrected chi connectivity index (χ2v) is 9.93. The molecule has 0 bridgehead atoms. The predicted octanol–water partition coefficient (Wildman–Crippen LogP) is 3.74. The maximum absolute atomic E-state index is 13.2. The summed E-state index contributed by atoms with van der Waals surface area (Å²) >= 11 is 3.29. The zero-order valence-corrected chi connectivity index (χ0v) is 18.9. The van der Waals surface area contributed by atoms with Crippen LogP contribution < -0.4 is 0 Å². The molecular weight excluding hydrogens is 426 g/mol. The molecule has 2 aromatic heterocycles. The molecule has 0 spiro atoms. The molecule has 31 heavy (non-hydrogen) atoms. The lowest BCUT2D eigenvalue weighted by molar-refractivity contribution is -0.134.